The molecule has 0 aromatic heterocycles. The number of nitrogens with zero attached hydrogens (tertiary/aromatic N) is 1. The van der Waals surface area contributed by atoms with Crippen LogP contribution in [0.3, 0.4) is 0 Å². The third-order valence-corrected chi connectivity index (χ3v) is 2.75. The highest BCUT2D eigenvalue weighted by molar-refractivity contribution is 5.23. The second-order valence-corrected chi connectivity index (χ2v) is 4.21. The Morgan fingerprint density at radius 3 is 2.57 bits per heavy atom. The summed E-state index contributed by atoms with van der Waals surface area (Å²) in [4.78, 5) is 0. The first-order valence-corrected chi connectivity index (χ1v) is 5.29. The molecule has 0 radical (unpaired) electrons. The average molecular weight is 190 g/mol. The van der Waals surface area contributed by atoms with Crippen molar-refractivity contribution in [3.05, 3.63) is 24.8 Å². The van der Waals surface area contributed by atoms with Crippen molar-refractivity contribution in [2.45, 2.75) is 19.8 Å². The average Bonchev–Trinajstić information content (AvgIpc) is 2.53. The zero-order chi connectivity index (χ0) is 10.4. The van der Waals surface area contributed by atoms with Crippen molar-refractivity contribution in [1.82, 2.24) is 0 Å². The van der Waals surface area contributed by atoms with Crippen LogP contribution in [0.4, 0.5) is 0 Å². The molecule has 1 aliphatic rings. The molecule has 1 fully saturated rings. The molecule has 1 aliphatic heterocycles. The van der Waals surface area contributed by atoms with Crippen LogP contribution in [0.15, 0.2) is 24.8 Å². The lowest BCUT2D eigenvalue weighted by atomic mass is 10.3. The third-order valence-electron chi connectivity index (χ3n) is 2.75. The summed E-state index contributed by atoms with van der Waals surface area (Å²) in [7, 11) is 0. The van der Waals surface area contributed by atoms with Crippen LogP contribution in [-0.4, -0.2) is 30.7 Å². The summed E-state index contributed by atoms with van der Waals surface area (Å²) in [6.45, 7) is 14.1. The Labute approximate surface area is 87.7 Å². The van der Waals surface area contributed by atoms with E-state index in [4.69, 9.17) is 0 Å². The van der Waals surface area contributed by atoms with E-state index in [1.165, 1.54) is 25.9 Å². The molecular weight excluding hydrogens is 170 g/mol. The second kappa shape index (κ2) is 5.02. The summed E-state index contributed by atoms with van der Waals surface area (Å²) in [6.07, 6.45) is 4.69. The highest BCUT2D eigenvalue weighted by Gasteiger charge is 2.29. The molecule has 0 aromatic carbocycles. The number of rotatable bonds is 3. The van der Waals surface area contributed by atoms with E-state index >= 15 is 0 Å². The summed E-state index contributed by atoms with van der Waals surface area (Å²) in [5, 5.41) is 0. The summed E-state index contributed by atoms with van der Waals surface area (Å²) in [5.41, 5.74) is 0.959. The standard InChI is InChI=1S/C13H20N/c1-4-9-14(10-5-6-11-14)12-7-8-13(2)3/h4H,1-2,5-6,9-12H2,3H3/q+1. The van der Waals surface area contributed by atoms with Crippen molar-refractivity contribution in [1.29, 1.82) is 0 Å². The molecule has 0 atom stereocenters. The van der Waals surface area contributed by atoms with Crippen LogP contribution in [0.25, 0.3) is 0 Å². The van der Waals surface area contributed by atoms with E-state index in [0.29, 0.717) is 0 Å². The van der Waals surface area contributed by atoms with Crippen molar-refractivity contribution < 1.29 is 4.48 Å². The van der Waals surface area contributed by atoms with Gasteiger partial charge in [0.1, 0.15) is 6.54 Å². The van der Waals surface area contributed by atoms with E-state index in [-0.39, 0.29) is 0 Å². The van der Waals surface area contributed by atoms with Gasteiger partial charge in [0.15, 0.2) is 0 Å². The van der Waals surface area contributed by atoms with Gasteiger partial charge >= 0.3 is 0 Å². The lowest BCUT2D eigenvalue weighted by Gasteiger charge is -2.30. The molecule has 0 saturated carbocycles. The van der Waals surface area contributed by atoms with Gasteiger partial charge in [-0.15, -0.1) is 0 Å². The Morgan fingerprint density at radius 1 is 1.43 bits per heavy atom. The Morgan fingerprint density at radius 2 is 2.07 bits per heavy atom. The van der Waals surface area contributed by atoms with E-state index in [1.54, 1.807) is 0 Å². The van der Waals surface area contributed by atoms with E-state index in [1.807, 2.05) is 13.0 Å². The van der Waals surface area contributed by atoms with Gasteiger partial charge in [0, 0.05) is 12.8 Å². The highest BCUT2D eigenvalue weighted by atomic mass is 15.4. The fourth-order valence-corrected chi connectivity index (χ4v) is 2.04. The van der Waals surface area contributed by atoms with Crippen molar-refractivity contribution in [2.75, 3.05) is 26.2 Å². The van der Waals surface area contributed by atoms with Gasteiger partial charge in [-0.1, -0.05) is 19.1 Å². The highest BCUT2D eigenvalue weighted by Crippen LogP contribution is 2.18. The summed E-state index contributed by atoms with van der Waals surface area (Å²) >= 11 is 0. The van der Waals surface area contributed by atoms with Crippen LogP contribution >= 0.6 is 0 Å². The smallest absolute Gasteiger partial charge is 0.141 e. The molecule has 0 aromatic rings. The Balaban J connectivity index is 2.57. The molecule has 1 saturated heterocycles. The van der Waals surface area contributed by atoms with Crippen LogP contribution in [0.5, 0.6) is 0 Å². The van der Waals surface area contributed by atoms with Gasteiger partial charge in [-0.25, -0.2) is 0 Å². The molecule has 0 aliphatic carbocycles. The molecule has 0 N–H and O–H groups in total. The van der Waals surface area contributed by atoms with Crippen molar-refractivity contribution >= 4 is 0 Å². The van der Waals surface area contributed by atoms with Crippen LogP contribution in [0.2, 0.25) is 0 Å². The van der Waals surface area contributed by atoms with Gasteiger partial charge in [-0.2, -0.15) is 0 Å². The minimum Gasteiger partial charge on any atom is -0.310 e. The fourth-order valence-electron chi connectivity index (χ4n) is 2.04. The van der Waals surface area contributed by atoms with E-state index < -0.39 is 0 Å². The molecule has 0 unspecified atom stereocenters. The molecule has 14 heavy (non-hydrogen) atoms. The minimum atomic E-state index is 0.957. The summed E-state index contributed by atoms with van der Waals surface area (Å²) in [6, 6.07) is 0. The first-order chi connectivity index (χ1) is 6.68. The second-order valence-electron chi connectivity index (χ2n) is 4.21. The van der Waals surface area contributed by atoms with Crippen LogP contribution < -0.4 is 0 Å². The number of hydrogen-bond acceptors (Lipinski definition) is 0. The number of hydrogen-bond donors (Lipinski definition) is 0. The van der Waals surface area contributed by atoms with Gasteiger partial charge < -0.3 is 4.48 Å². The van der Waals surface area contributed by atoms with E-state index in [0.717, 1.165) is 23.1 Å². The lowest BCUT2D eigenvalue weighted by molar-refractivity contribution is -0.904. The fraction of sp³-hybridized carbons (Fsp3) is 0.538. The lowest BCUT2D eigenvalue weighted by Crippen LogP contribution is -2.45. The zero-order valence-corrected chi connectivity index (χ0v) is 9.18. The molecular formula is C13H20N+. The molecule has 0 spiro atoms. The largest absolute Gasteiger partial charge is 0.310 e. The molecule has 0 amide bonds. The monoisotopic (exact) mass is 190 g/mol. The van der Waals surface area contributed by atoms with Crippen LogP contribution in [-0.2, 0) is 0 Å². The molecule has 1 nitrogen and oxygen atoms in total. The Kier molecular flexibility index (Phi) is 3.98. The third kappa shape index (κ3) is 3.05. The van der Waals surface area contributed by atoms with Crippen LogP contribution in [0, 0.1) is 11.8 Å². The van der Waals surface area contributed by atoms with Gasteiger partial charge in [0.25, 0.3) is 0 Å². The van der Waals surface area contributed by atoms with Crippen molar-refractivity contribution in [3.8, 4) is 11.8 Å². The van der Waals surface area contributed by atoms with E-state index in [9.17, 15) is 0 Å². The van der Waals surface area contributed by atoms with Gasteiger partial charge in [0.05, 0.1) is 19.6 Å². The quantitative estimate of drug-likeness (QED) is 0.364. The number of allylic oxidation sites excluding steroid dienone is 1. The molecule has 1 heteroatoms. The maximum absolute atomic E-state index is 3.83. The van der Waals surface area contributed by atoms with Crippen molar-refractivity contribution in [2.24, 2.45) is 0 Å². The van der Waals surface area contributed by atoms with Crippen molar-refractivity contribution in [3.63, 3.8) is 0 Å². The normalized spacial score (nSPS) is 18.4. The topological polar surface area (TPSA) is 0 Å². The Hall–Kier alpha value is -1.00. The predicted molar refractivity (Wildman–Crippen MR) is 61.7 cm³/mol. The molecule has 1 rings (SSSR count). The zero-order valence-electron chi connectivity index (χ0n) is 9.18. The maximum atomic E-state index is 3.83. The summed E-state index contributed by atoms with van der Waals surface area (Å²) < 4.78 is 1.11. The Bertz CT molecular complexity index is 271. The molecule has 0 bridgehead atoms. The summed E-state index contributed by atoms with van der Waals surface area (Å²) in [5.74, 6) is 6.29. The van der Waals surface area contributed by atoms with Gasteiger partial charge in [-0.3, -0.25) is 0 Å². The first-order valence-electron chi connectivity index (χ1n) is 5.29. The molecule has 76 valence electrons. The van der Waals surface area contributed by atoms with Crippen LogP contribution in [0.1, 0.15) is 19.8 Å². The maximum Gasteiger partial charge on any atom is 0.141 e. The van der Waals surface area contributed by atoms with Gasteiger partial charge in [0.2, 0.25) is 0 Å². The first kappa shape index (κ1) is 11.1. The number of likely N-dealkylation sites (tertiary alicyclic amines) is 1. The predicted octanol–water partition coefficient (Wildman–Crippen LogP) is 2.36. The van der Waals surface area contributed by atoms with E-state index in [2.05, 4.69) is 25.0 Å². The molecule has 1 heterocycles. The minimum absolute atomic E-state index is 0.957. The number of quaternary nitrogens is 1. The SMILES string of the molecule is C=CC[N+]1(CC#CC(=C)C)CCCC1. The van der Waals surface area contributed by atoms with Gasteiger partial charge in [-0.05, 0) is 24.5 Å².